The zero-order valence-corrected chi connectivity index (χ0v) is 17.7. The van der Waals surface area contributed by atoms with Crippen LogP contribution in [0.2, 0.25) is 0 Å². The maximum Gasteiger partial charge on any atom is 0.412 e. The van der Waals surface area contributed by atoms with Gasteiger partial charge in [-0.2, -0.15) is 0 Å². The van der Waals surface area contributed by atoms with Gasteiger partial charge in [0.05, 0.1) is 12.7 Å². The molecule has 0 saturated heterocycles. The second-order valence-corrected chi connectivity index (χ2v) is 8.07. The zero-order valence-electron chi connectivity index (χ0n) is 17.7. The van der Waals surface area contributed by atoms with Gasteiger partial charge in [0, 0.05) is 17.8 Å². The molecule has 0 atom stereocenters. The van der Waals surface area contributed by atoms with Crippen LogP contribution in [0.1, 0.15) is 56.1 Å². The Morgan fingerprint density at radius 2 is 1.66 bits per heavy atom. The van der Waals surface area contributed by atoms with Gasteiger partial charge in [0.2, 0.25) is 0 Å². The van der Waals surface area contributed by atoms with Crippen LogP contribution < -0.4 is 10.6 Å². The molecule has 6 nitrogen and oxygen atoms in total. The molecule has 0 heterocycles. The van der Waals surface area contributed by atoms with E-state index in [0.29, 0.717) is 24.4 Å². The van der Waals surface area contributed by atoms with Crippen LogP contribution >= 0.6 is 0 Å². The third-order valence-corrected chi connectivity index (χ3v) is 3.82. The summed E-state index contributed by atoms with van der Waals surface area (Å²) in [5.74, 6) is -0.183. The van der Waals surface area contributed by atoms with E-state index in [1.807, 2.05) is 38.1 Å². The average molecular weight is 399 g/mol. The van der Waals surface area contributed by atoms with Gasteiger partial charge in [0.25, 0.3) is 5.91 Å². The van der Waals surface area contributed by atoms with Crippen LogP contribution in [0.15, 0.2) is 48.5 Å². The zero-order chi connectivity index (χ0) is 21.4. The molecular weight excluding hydrogens is 368 g/mol. The van der Waals surface area contributed by atoms with Crippen molar-refractivity contribution in [1.29, 1.82) is 0 Å². The number of nitrogens with one attached hydrogen (secondary N) is 2. The summed E-state index contributed by atoms with van der Waals surface area (Å²) in [5, 5.41) is 5.55. The first-order valence-corrected chi connectivity index (χ1v) is 9.70. The molecule has 0 aliphatic heterocycles. The quantitative estimate of drug-likeness (QED) is 0.696. The second-order valence-electron chi connectivity index (χ2n) is 8.07. The summed E-state index contributed by atoms with van der Waals surface area (Å²) >= 11 is 0. The standard InChI is InChI=1S/C23H30N2O4/c1-16(2)28-15-18-8-6-7-17(13-18)14-24-21(26)19-9-11-20(12-10-19)25-22(27)29-23(3,4)5/h6-13,16H,14-15H2,1-5H3,(H,24,26)(H,25,27). The molecule has 0 aliphatic rings. The molecule has 2 aromatic carbocycles. The minimum absolute atomic E-state index is 0.172. The van der Waals surface area contributed by atoms with E-state index in [0.717, 1.165) is 11.1 Å². The molecule has 0 bridgehead atoms. The molecule has 0 fully saturated rings. The molecule has 0 radical (unpaired) electrons. The van der Waals surface area contributed by atoms with Crippen molar-refractivity contribution in [2.45, 2.75) is 59.5 Å². The van der Waals surface area contributed by atoms with E-state index in [1.54, 1.807) is 45.0 Å². The van der Waals surface area contributed by atoms with Gasteiger partial charge in [0.1, 0.15) is 5.60 Å². The first kappa shape index (κ1) is 22.4. The van der Waals surface area contributed by atoms with Crippen molar-refractivity contribution in [2.24, 2.45) is 0 Å². The Balaban J connectivity index is 1.88. The SMILES string of the molecule is CC(C)OCc1cccc(CNC(=O)c2ccc(NC(=O)OC(C)(C)C)cc2)c1. The van der Waals surface area contributed by atoms with Crippen molar-refractivity contribution in [3.63, 3.8) is 0 Å². The molecule has 2 N–H and O–H groups in total. The van der Waals surface area contributed by atoms with Crippen molar-refractivity contribution < 1.29 is 19.1 Å². The Morgan fingerprint density at radius 1 is 1.00 bits per heavy atom. The fraction of sp³-hybridized carbons (Fsp3) is 0.391. The molecule has 2 amide bonds. The Labute approximate surface area is 172 Å². The number of amides is 2. The van der Waals surface area contributed by atoms with E-state index in [4.69, 9.17) is 9.47 Å². The molecular formula is C23H30N2O4. The number of anilines is 1. The molecule has 0 aromatic heterocycles. The van der Waals surface area contributed by atoms with Crippen molar-refractivity contribution in [2.75, 3.05) is 5.32 Å². The van der Waals surface area contributed by atoms with Crippen LogP contribution in [-0.4, -0.2) is 23.7 Å². The van der Waals surface area contributed by atoms with Crippen LogP contribution in [0.25, 0.3) is 0 Å². The molecule has 29 heavy (non-hydrogen) atoms. The molecule has 156 valence electrons. The molecule has 2 rings (SSSR count). The fourth-order valence-electron chi connectivity index (χ4n) is 2.50. The average Bonchev–Trinajstić information content (AvgIpc) is 2.64. The maximum absolute atomic E-state index is 12.4. The van der Waals surface area contributed by atoms with Crippen LogP contribution in [-0.2, 0) is 22.6 Å². The topological polar surface area (TPSA) is 76.7 Å². The lowest BCUT2D eigenvalue weighted by Gasteiger charge is -2.19. The number of carbonyl (C=O) groups is 2. The van der Waals surface area contributed by atoms with Crippen LogP contribution in [0.5, 0.6) is 0 Å². The van der Waals surface area contributed by atoms with E-state index in [-0.39, 0.29) is 12.0 Å². The van der Waals surface area contributed by atoms with Crippen LogP contribution in [0.3, 0.4) is 0 Å². The smallest absolute Gasteiger partial charge is 0.412 e. The molecule has 0 saturated carbocycles. The van der Waals surface area contributed by atoms with Gasteiger partial charge in [-0.3, -0.25) is 10.1 Å². The van der Waals surface area contributed by atoms with Gasteiger partial charge < -0.3 is 14.8 Å². The first-order valence-electron chi connectivity index (χ1n) is 9.70. The van der Waals surface area contributed by atoms with E-state index in [2.05, 4.69) is 10.6 Å². The van der Waals surface area contributed by atoms with E-state index in [9.17, 15) is 9.59 Å². The van der Waals surface area contributed by atoms with Gasteiger partial charge >= 0.3 is 6.09 Å². The summed E-state index contributed by atoms with van der Waals surface area (Å²) in [6.07, 6.45) is -0.359. The highest BCUT2D eigenvalue weighted by Gasteiger charge is 2.16. The van der Waals surface area contributed by atoms with Crippen molar-refractivity contribution in [3.8, 4) is 0 Å². The first-order chi connectivity index (χ1) is 13.6. The fourth-order valence-corrected chi connectivity index (χ4v) is 2.50. The minimum Gasteiger partial charge on any atom is -0.444 e. The van der Waals surface area contributed by atoms with Crippen molar-refractivity contribution in [3.05, 3.63) is 65.2 Å². The summed E-state index contributed by atoms with van der Waals surface area (Å²) < 4.78 is 10.8. The van der Waals surface area contributed by atoms with E-state index >= 15 is 0 Å². The summed E-state index contributed by atoms with van der Waals surface area (Å²) in [4.78, 5) is 24.2. The molecule has 0 unspecified atom stereocenters. The number of hydrogen-bond acceptors (Lipinski definition) is 4. The van der Waals surface area contributed by atoms with Crippen molar-refractivity contribution in [1.82, 2.24) is 5.32 Å². The highest BCUT2D eigenvalue weighted by atomic mass is 16.6. The second kappa shape index (κ2) is 10.1. The lowest BCUT2D eigenvalue weighted by Crippen LogP contribution is -2.27. The highest BCUT2D eigenvalue weighted by Crippen LogP contribution is 2.13. The van der Waals surface area contributed by atoms with Gasteiger partial charge in [-0.15, -0.1) is 0 Å². The molecule has 2 aromatic rings. The van der Waals surface area contributed by atoms with Gasteiger partial charge in [-0.05, 0) is 70.0 Å². The molecule has 0 aliphatic carbocycles. The monoisotopic (exact) mass is 398 g/mol. The van der Waals surface area contributed by atoms with E-state index in [1.165, 1.54) is 0 Å². The number of hydrogen-bond donors (Lipinski definition) is 2. The molecule has 6 heteroatoms. The summed E-state index contributed by atoms with van der Waals surface area (Å²) in [5.41, 5.74) is 2.59. The van der Waals surface area contributed by atoms with Gasteiger partial charge in [-0.1, -0.05) is 24.3 Å². The van der Waals surface area contributed by atoms with Crippen molar-refractivity contribution >= 4 is 17.7 Å². The third kappa shape index (κ3) is 8.35. The highest BCUT2D eigenvalue weighted by molar-refractivity contribution is 5.95. The summed E-state index contributed by atoms with van der Waals surface area (Å²) in [6, 6.07) is 14.6. The lowest BCUT2D eigenvalue weighted by atomic mass is 10.1. The predicted octanol–water partition coefficient (Wildman–Crippen LogP) is 4.89. The predicted molar refractivity (Wildman–Crippen MR) is 114 cm³/mol. The van der Waals surface area contributed by atoms with E-state index < -0.39 is 11.7 Å². The Hall–Kier alpha value is -2.86. The molecule has 0 spiro atoms. The van der Waals surface area contributed by atoms with Gasteiger partial charge in [-0.25, -0.2) is 4.79 Å². The Morgan fingerprint density at radius 3 is 2.28 bits per heavy atom. The third-order valence-electron chi connectivity index (χ3n) is 3.82. The number of benzene rings is 2. The van der Waals surface area contributed by atoms with Gasteiger partial charge in [0.15, 0.2) is 0 Å². The largest absolute Gasteiger partial charge is 0.444 e. The normalized spacial score (nSPS) is 11.2. The number of ether oxygens (including phenoxy) is 2. The maximum atomic E-state index is 12.4. The van der Waals surface area contributed by atoms with Crippen LogP contribution in [0, 0.1) is 0 Å². The minimum atomic E-state index is -0.567. The summed E-state index contributed by atoms with van der Waals surface area (Å²) in [7, 11) is 0. The lowest BCUT2D eigenvalue weighted by molar-refractivity contribution is 0.0635. The number of rotatable bonds is 7. The van der Waals surface area contributed by atoms with Crippen LogP contribution in [0.4, 0.5) is 10.5 Å². The Bertz CT molecular complexity index is 824. The Kier molecular flexibility index (Phi) is 7.79. The number of carbonyl (C=O) groups excluding carboxylic acids is 2. The summed E-state index contributed by atoms with van der Waals surface area (Å²) in [6.45, 7) is 10.4.